The highest BCUT2D eigenvalue weighted by atomic mass is 32.2. The van der Waals surface area contributed by atoms with Gasteiger partial charge in [-0.25, -0.2) is 0 Å². The van der Waals surface area contributed by atoms with Gasteiger partial charge in [0.2, 0.25) is 11.8 Å². The average molecular weight is 299 g/mol. The number of amides is 2. The van der Waals surface area contributed by atoms with E-state index in [9.17, 15) is 9.59 Å². The minimum absolute atomic E-state index is 0.0511. The molecule has 2 fully saturated rings. The molecule has 2 N–H and O–H groups in total. The van der Waals surface area contributed by atoms with Gasteiger partial charge < -0.3 is 15.5 Å². The van der Waals surface area contributed by atoms with Crippen LogP contribution in [0, 0.1) is 0 Å². The van der Waals surface area contributed by atoms with Crippen molar-refractivity contribution in [2.75, 3.05) is 37.7 Å². The summed E-state index contributed by atoms with van der Waals surface area (Å²) in [5.41, 5.74) is 0. The first-order chi connectivity index (χ1) is 9.75. The number of hydrogen-bond donors (Lipinski definition) is 2. The molecule has 0 spiro atoms. The van der Waals surface area contributed by atoms with Crippen molar-refractivity contribution < 1.29 is 9.59 Å². The highest BCUT2D eigenvalue weighted by Crippen LogP contribution is 2.11. The predicted octanol–water partition coefficient (Wildman–Crippen LogP) is 0.600. The van der Waals surface area contributed by atoms with Crippen LogP contribution in [0.1, 0.15) is 32.1 Å². The maximum Gasteiger partial charge on any atom is 0.232 e. The Labute approximate surface area is 125 Å². The third kappa shape index (κ3) is 5.32. The monoisotopic (exact) mass is 299 g/mol. The zero-order valence-electron chi connectivity index (χ0n) is 12.0. The van der Waals surface area contributed by atoms with Crippen LogP contribution < -0.4 is 10.6 Å². The molecule has 2 heterocycles. The number of thioether (sulfide) groups is 1. The second-order valence-corrected chi connectivity index (χ2v) is 6.53. The van der Waals surface area contributed by atoms with Crippen molar-refractivity contribution in [1.29, 1.82) is 0 Å². The Bertz CT molecular complexity index is 326. The van der Waals surface area contributed by atoms with E-state index in [2.05, 4.69) is 10.6 Å². The van der Waals surface area contributed by atoms with Crippen molar-refractivity contribution in [2.45, 2.75) is 38.1 Å². The average Bonchev–Trinajstić information content (AvgIpc) is 2.49. The summed E-state index contributed by atoms with van der Waals surface area (Å²) in [6.45, 7) is 3.69. The second kappa shape index (κ2) is 8.52. The highest BCUT2D eigenvalue weighted by Gasteiger charge is 2.18. The quantitative estimate of drug-likeness (QED) is 0.780. The van der Waals surface area contributed by atoms with E-state index < -0.39 is 0 Å². The zero-order valence-corrected chi connectivity index (χ0v) is 12.8. The molecular formula is C14H25N3O2S. The van der Waals surface area contributed by atoms with Crippen LogP contribution in [0.4, 0.5) is 0 Å². The fourth-order valence-electron chi connectivity index (χ4n) is 2.71. The third-order valence-electron chi connectivity index (χ3n) is 3.83. The SMILES string of the molecule is O=C(CSCC(=O)N1CCCCC1)NC1CCCNC1. The van der Waals surface area contributed by atoms with Crippen LogP contribution >= 0.6 is 11.8 Å². The van der Waals surface area contributed by atoms with Gasteiger partial charge in [0.05, 0.1) is 11.5 Å². The summed E-state index contributed by atoms with van der Waals surface area (Å²) in [7, 11) is 0. The van der Waals surface area contributed by atoms with Gasteiger partial charge in [0.1, 0.15) is 0 Å². The van der Waals surface area contributed by atoms with Crippen LogP contribution in [-0.4, -0.2) is 60.4 Å². The van der Waals surface area contributed by atoms with Crippen LogP contribution in [0.2, 0.25) is 0 Å². The lowest BCUT2D eigenvalue weighted by Gasteiger charge is -2.26. The van der Waals surface area contributed by atoms with E-state index >= 15 is 0 Å². The maximum absolute atomic E-state index is 11.9. The normalized spacial score (nSPS) is 23.4. The first kappa shape index (κ1) is 15.6. The van der Waals surface area contributed by atoms with Crippen molar-refractivity contribution in [3.05, 3.63) is 0 Å². The highest BCUT2D eigenvalue weighted by molar-refractivity contribution is 8.00. The van der Waals surface area contributed by atoms with E-state index in [0.717, 1.165) is 51.9 Å². The van der Waals surface area contributed by atoms with Gasteiger partial charge in [0.25, 0.3) is 0 Å². The van der Waals surface area contributed by atoms with Gasteiger partial charge in [0, 0.05) is 25.7 Å². The van der Waals surface area contributed by atoms with Crippen LogP contribution in [0.25, 0.3) is 0 Å². The first-order valence-corrected chi connectivity index (χ1v) is 8.77. The molecule has 2 saturated heterocycles. The number of carbonyl (C=O) groups is 2. The van der Waals surface area contributed by atoms with E-state index in [1.807, 2.05) is 4.90 Å². The number of rotatable bonds is 5. The second-order valence-electron chi connectivity index (χ2n) is 5.55. The summed E-state index contributed by atoms with van der Waals surface area (Å²) in [5.74, 6) is 1.05. The zero-order chi connectivity index (χ0) is 14.2. The lowest BCUT2D eigenvalue weighted by atomic mass is 10.1. The van der Waals surface area contributed by atoms with Crippen molar-refractivity contribution in [3.8, 4) is 0 Å². The molecule has 0 aliphatic carbocycles. The number of piperidine rings is 2. The largest absolute Gasteiger partial charge is 0.351 e. The molecule has 2 aliphatic heterocycles. The van der Waals surface area contributed by atoms with Gasteiger partial charge in [-0.3, -0.25) is 9.59 Å². The summed E-state index contributed by atoms with van der Waals surface area (Å²) in [4.78, 5) is 25.6. The standard InChI is InChI=1S/C14H25N3O2S/c18-13(16-12-5-4-6-15-9-12)10-20-11-14(19)17-7-2-1-3-8-17/h12,15H,1-11H2,(H,16,18). The molecule has 6 heteroatoms. The van der Waals surface area contributed by atoms with Gasteiger partial charge >= 0.3 is 0 Å². The first-order valence-electron chi connectivity index (χ1n) is 7.61. The molecule has 1 unspecified atom stereocenters. The van der Waals surface area contributed by atoms with Crippen molar-refractivity contribution in [1.82, 2.24) is 15.5 Å². The van der Waals surface area contributed by atoms with Gasteiger partial charge in [-0.2, -0.15) is 0 Å². The van der Waals surface area contributed by atoms with Crippen LogP contribution in [0.15, 0.2) is 0 Å². The molecule has 1 atom stereocenters. The number of carbonyl (C=O) groups excluding carboxylic acids is 2. The lowest BCUT2D eigenvalue weighted by Crippen LogP contribution is -2.46. The molecule has 0 aromatic rings. The minimum atomic E-state index is 0.0511. The van der Waals surface area contributed by atoms with Gasteiger partial charge in [-0.1, -0.05) is 0 Å². The molecule has 2 amide bonds. The summed E-state index contributed by atoms with van der Waals surface area (Å²) in [5, 5.41) is 6.30. The van der Waals surface area contributed by atoms with E-state index in [1.54, 1.807) is 0 Å². The summed E-state index contributed by atoms with van der Waals surface area (Å²) < 4.78 is 0. The van der Waals surface area contributed by atoms with E-state index in [0.29, 0.717) is 11.5 Å². The Balaban J connectivity index is 1.57. The fraction of sp³-hybridized carbons (Fsp3) is 0.857. The summed E-state index contributed by atoms with van der Waals surface area (Å²) in [6, 6.07) is 0.259. The van der Waals surface area contributed by atoms with E-state index in [-0.39, 0.29) is 17.9 Å². The topological polar surface area (TPSA) is 61.4 Å². The number of nitrogens with one attached hydrogen (secondary N) is 2. The maximum atomic E-state index is 11.9. The molecule has 0 aromatic carbocycles. The molecule has 0 bridgehead atoms. The Kier molecular flexibility index (Phi) is 6.66. The number of likely N-dealkylation sites (tertiary alicyclic amines) is 1. The smallest absolute Gasteiger partial charge is 0.232 e. The molecule has 0 saturated carbocycles. The van der Waals surface area contributed by atoms with Gasteiger partial charge in [-0.05, 0) is 38.6 Å². The third-order valence-corrected chi connectivity index (χ3v) is 4.75. The summed E-state index contributed by atoms with van der Waals surface area (Å²) >= 11 is 1.43. The van der Waals surface area contributed by atoms with Gasteiger partial charge in [0.15, 0.2) is 0 Å². The van der Waals surface area contributed by atoms with E-state index in [1.165, 1.54) is 18.2 Å². The number of nitrogens with zero attached hydrogens (tertiary/aromatic N) is 1. The molecule has 0 aromatic heterocycles. The van der Waals surface area contributed by atoms with Gasteiger partial charge in [-0.15, -0.1) is 11.8 Å². The van der Waals surface area contributed by atoms with Crippen molar-refractivity contribution >= 4 is 23.6 Å². The van der Waals surface area contributed by atoms with Crippen LogP contribution in [-0.2, 0) is 9.59 Å². The Morgan fingerprint density at radius 1 is 1.15 bits per heavy atom. The predicted molar refractivity (Wildman–Crippen MR) is 81.8 cm³/mol. The number of hydrogen-bond acceptors (Lipinski definition) is 4. The van der Waals surface area contributed by atoms with Crippen molar-refractivity contribution in [3.63, 3.8) is 0 Å². The molecule has 0 radical (unpaired) electrons. The Morgan fingerprint density at radius 3 is 2.65 bits per heavy atom. The minimum Gasteiger partial charge on any atom is -0.351 e. The Hall–Kier alpha value is -0.750. The molecule has 2 rings (SSSR count). The summed E-state index contributed by atoms with van der Waals surface area (Å²) in [6.07, 6.45) is 5.63. The molecule has 20 heavy (non-hydrogen) atoms. The Morgan fingerprint density at radius 2 is 1.95 bits per heavy atom. The molecule has 5 nitrogen and oxygen atoms in total. The molecule has 114 valence electrons. The molecular weight excluding hydrogens is 274 g/mol. The van der Waals surface area contributed by atoms with Crippen molar-refractivity contribution in [2.24, 2.45) is 0 Å². The molecule has 2 aliphatic rings. The fourth-order valence-corrected chi connectivity index (χ4v) is 3.44. The lowest BCUT2D eigenvalue weighted by molar-refractivity contribution is -0.129. The van der Waals surface area contributed by atoms with Crippen LogP contribution in [0.5, 0.6) is 0 Å². The van der Waals surface area contributed by atoms with Crippen LogP contribution in [0.3, 0.4) is 0 Å². The van der Waals surface area contributed by atoms with E-state index in [4.69, 9.17) is 0 Å².